The Morgan fingerprint density at radius 1 is 1.35 bits per heavy atom. The number of benzene rings is 1. The molecule has 0 saturated carbocycles. The van der Waals surface area contributed by atoms with E-state index in [0.29, 0.717) is 26.1 Å². The molecule has 26 heavy (non-hydrogen) atoms. The van der Waals surface area contributed by atoms with Crippen molar-refractivity contribution >= 4 is 22.7 Å². The van der Waals surface area contributed by atoms with E-state index in [9.17, 15) is 9.59 Å². The first kappa shape index (κ1) is 17.1. The molecule has 1 N–H and O–H groups in total. The van der Waals surface area contributed by atoms with E-state index in [-0.39, 0.29) is 17.7 Å². The molecular weight excluding hydrogens is 326 g/mol. The highest BCUT2D eigenvalue weighted by Crippen LogP contribution is 2.32. The maximum Gasteiger partial charge on any atom is 0.225 e. The van der Waals surface area contributed by atoms with Crippen molar-refractivity contribution in [2.24, 2.45) is 5.92 Å². The second-order valence-corrected chi connectivity index (χ2v) is 7.51. The number of amides is 2. The standard InChI is InChI=1S/C21H27N3O2/c1-3-23-13-16(12-19(23)25)21(26)22-10-9-17-14(2)24-11-5-7-15-6-4-8-18(17)20(15)24/h4,6,8,16H,3,5,7,9-13H2,1-2H3,(H,22,26)/t16-/m1/s1. The largest absolute Gasteiger partial charge is 0.355 e. The van der Waals surface area contributed by atoms with Crippen LogP contribution in [-0.2, 0) is 29.0 Å². The molecule has 2 aliphatic heterocycles. The molecule has 3 heterocycles. The number of hydrogen-bond acceptors (Lipinski definition) is 2. The van der Waals surface area contributed by atoms with Gasteiger partial charge in [-0.2, -0.15) is 0 Å². The van der Waals surface area contributed by atoms with E-state index < -0.39 is 0 Å². The number of para-hydroxylation sites is 1. The smallest absolute Gasteiger partial charge is 0.225 e. The van der Waals surface area contributed by atoms with E-state index in [1.807, 2.05) is 6.92 Å². The highest BCUT2D eigenvalue weighted by Gasteiger charge is 2.33. The number of nitrogens with one attached hydrogen (secondary N) is 1. The first-order chi connectivity index (χ1) is 12.6. The summed E-state index contributed by atoms with van der Waals surface area (Å²) in [6.07, 6.45) is 3.53. The Labute approximate surface area is 154 Å². The number of aromatic nitrogens is 1. The lowest BCUT2D eigenvalue weighted by Gasteiger charge is -2.16. The van der Waals surface area contributed by atoms with Crippen molar-refractivity contribution in [1.82, 2.24) is 14.8 Å². The van der Waals surface area contributed by atoms with Gasteiger partial charge in [0.2, 0.25) is 11.8 Å². The van der Waals surface area contributed by atoms with Crippen molar-refractivity contribution in [2.75, 3.05) is 19.6 Å². The molecule has 1 aromatic heterocycles. The van der Waals surface area contributed by atoms with Gasteiger partial charge in [0.1, 0.15) is 0 Å². The number of likely N-dealkylation sites (tertiary alicyclic amines) is 1. The molecule has 5 nitrogen and oxygen atoms in total. The van der Waals surface area contributed by atoms with Crippen LogP contribution in [0.1, 0.15) is 36.6 Å². The topological polar surface area (TPSA) is 54.3 Å². The van der Waals surface area contributed by atoms with Gasteiger partial charge in [-0.3, -0.25) is 9.59 Å². The van der Waals surface area contributed by atoms with E-state index in [1.54, 1.807) is 4.90 Å². The molecule has 1 atom stereocenters. The van der Waals surface area contributed by atoms with Crippen molar-refractivity contribution in [2.45, 2.75) is 46.1 Å². The lowest BCUT2D eigenvalue weighted by molar-refractivity contribution is -0.128. The first-order valence-corrected chi connectivity index (χ1v) is 9.75. The van der Waals surface area contributed by atoms with Crippen LogP contribution < -0.4 is 5.32 Å². The average Bonchev–Trinajstić information content (AvgIpc) is 3.16. The highest BCUT2D eigenvalue weighted by molar-refractivity contribution is 5.90. The summed E-state index contributed by atoms with van der Waals surface area (Å²) in [7, 11) is 0. The third kappa shape index (κ3) is 2.79. The summed E-state index contributed by atoms with van der Waals surface area (Å²) in [4.78, 5) is 26.0. The molecular formula is C21H27N3O2. The monoisotopic (exact) mass is 353 g/mol. The molecule has 2 aliphatic rings. The summed E-state index contributed by atoms with van der Waals surface area (Å²) in [5.41, 5.74) is 5.50. The molecule has 0 unspecified atom stereocenters. The van der Waals surface area contributed by atoms with Gasteiger partial charge in [0.05, 0.1) is 11.4 Å². The Morgan fingerprint density at radius 2 is 2.19 bits per heavy atom. The van der Waals surface area contributed by atoms with Crippen LogP contribution in [0.15, 0.2) is 18.2 Å². The predicted molar refractivity (Wildman–Crippen MR) is 102 cm³/mol. The fraction of sp³-hybridized carbons (Fsp3) is 0.524. The quantitative estimate of drug-likeness (QED) is 0.898. The molecule has 4 rings (SSSR count). The summed E-state index contributed by atoms with van der Waals surface area (Å²) in [6.45, 7) is 7.10. The minimum Gasteiger partial charge on any atom is -0.355 e. The normalized spacial score (nSPS) is 19.4. The van der Waals surface area contributed by atoms with Crippen LogP contribution in [0.5, 0.6) is 0 Å². The number of nitrogens with zero attached hydrogens (tertiary/aromatic N) is 2. The second-order valence-electron chi connectivity index (χ2n) is 7.51. The van der Waals surface area contributed by atoms with Gasteiger partial charge in [-0.1, -0.05) is 18.2 Å². The number of rotatable bonds is 5. The Hall–Kier alpha value is -2.30. The minimum atomic E-state index is -0.196. The maximum atomic E-state index is 12.4. The van der Waals surface area contributed by atoms with Gasteiger partial charge in [-0.15, -0.1) is 0 Å². The Balaban J connectivity index is 1.45. The van der Waals surface area contributed by atoms with Gasteiger partial charge in [-0.05, 0) is 44.2 Å². The summed E-state index contributed by atoms with van der Waals surface area (Å²) >= 11 is 0. The van der Waals surface area contributed by atoms with Gasteiger partial charge >= 0.3 is 0 Å². The van der Waals surface area contributed by atoms with Crippen molar-refractivity contribution in [1.29, 1.82) is 0 Å². The van der Waals surface area contributed by atoms with Crippen LogP contribution in [0.2, 0.25) is 0 Å². The molecule has 0 radical (unpaired) electrons. The van der Waals surface area contributed by atoms with Crippen molar-refractivity contribution in [3.05, 3.63) is 35.0 Å². The zero-order valence-electron chi connectivity index (χ0n) is 15.7. The summed E-state index contributed by atoms with van der Waals surface area (Å²) in [5.74, 6) is -0.0863. The zero-order valence-corrected chi connectivity index (χ0v) is 15.7. The van der Waals surface area contributed by atoms with Crippen molar-refractivity contribution < 1.29 is 9.59 Å². The van der Waals surface area contributed by atoms with E-state index in [2.05, 4.69) is 35.0 Å². The van der Waals surface area contributed by atoms with Crippen LogP contribution >= 0.6 is 0 Å². The molecule has 1 saturated heterocycles. The van der Waals surface area contributed by atoms with Gasteiger partial charge in [-0.25, -0.2) is 0 Å². The molecule has 0 bridgehead atoms. The van der Waals surface area contributed by atoms with Crippen LogP contribution in [-0.4, -0.2) is 40.9 Å². The molecule has 1 fully saturated rings. The highest BCUT2D eigenvalue weighted by atomic mass is 16.2. The average molecular weight is 353 g/mol. The fourth-order valence-electron chi connectivity index (χ4n) is 4.61. The summed E-state index contributed by atoms with van der Waals surface area (Å²) in [6, 6.07) is 6.59. The molecule has 1 aromatic carbocycles. The molecule has 5 heteroatoms. The third-order valence-corrected chi connectivity index (χ3v) is 6.03. The minimum absolute atomic E-state index is 0.0145. The van der Waals surface area contributed by atoms with E-state index in [0.717, 1.165) is 19.4 Å². The van der Waals surface area contributed by atoms with E-state index in [1.165, 1.54) is 34.1 Å². The van der Waals surface area contributed by atoms with Crippen LogP contribution in [0.4, 0.5) is 0 Å². The Bertz CT molecular complexity index is 868. The summed E-state index contributed by atoms with van der Waals surface area (Å²) in [5, 5.41) is 4.40. The first-order valence-electron chi connectivity index (χ1n) is 9.75. The van der Waals surface area contributed by atoms with Crippen molar-refractivity contribution in [3.63, 3.8) is 0 Å². The van der Waals surface area contributed by atoms with Gasteiger partial charge in [0.25, 0.3) is 0 Å². The lowest BCUT2D eigenvalue weighted by Crippen LogP contribution is -2.34. The maximum absolute atomic E-state index is 12.4. The second kappa shape index (κ2) is 6.78. The van der Waals surface area contributed by atoms with E-state index in [4.69, 9.17) is 0 Å². The number of hydrogen-bond donors (Lipinski definition) is 1. The number of aryl methyl sites for hydroxylation is 2. The Kier molecular flexibility index (Phi) is 4.47. The van der Waals surface area contributed by atoms with Gasteiger partial charge in [0, 0.05) is 43.7 Å². The lowest BCUT2D eigenvalue weighted by atomic mass is 10.0. The van der Waals surface area contributed by atoms with Crippen LogP contribution in [0.3, 0.4) is 0 Å². The van der Waals surface area contributed by atoms with Gasteiger partial charge in [0.15, 0.2) is 0 Å². The van der Waals surface area contributed by atoms with Crippen LogP contribution in [0, 0.1) is 12.8 Å². The Morgan fingerprint density at radius 3 is 2.96 bits per heavy atom. The third-order valence-electron chi connectivity index (χ3n) is 6.03. The fourth-order valence-corrected chi connectivity index (χ4v) is 4.61. The molecule has 0 aliphatic carbocycles. The van der Waals surface area contributed by atoms with Gasteiger partial charge < -0.3 is 14.8 Å². The predicted octanol–water partition coefficient (Wildman–Crippen LogP) is 2.42. The van der Waals surface area contributed by atoms with Crippen molar-refractivity contribution in [3.8, 4) is 0 Å². The van der Waals surface area contributed by atoms with Crippen LogP contribution in [0.25, 0.3) is 10.9 Å². The van der Waals surface area contributed by atoms with E-state index >= 15 is 0 Å². The summed E-state index contributed by atoms with van der Waals surface area (Å²) < 4.78 is 2.44. The number of carbonyl (C=O) groups is 2. The molecule has 138 valence electrons. The zero-order chi connectivity index (χ0) is 18.3. The molecule has 0 spiro atoms. The SMILES string of the molecule is CCN1C[C@H](C(=O)NCCc2c(C)n3c4c(cccc24)CCC3)CC1=O. The number of carbonyl (C=O) groups excluding carboxylic acids is 2. The molecule has 2 amide bonds. The molecule has 2 aromatic rings.